The average molecular weight is 288 g/mol. The van der Waals surface area contributed by atoms with Crippen molar-refractivity contribution in [3.05, 3.63) is 46.0 Å². The van der Waals surface area contributed by atoms with E-state index in [1.165, 1.54) is 18.2 Å². The molecule has 2 rings (SSSR count). The molecule has 1 aliphatic heterocycles. The number of nitro groups is 1. The average Bonchev–Trinajstić information content (AvgIpc) is 2.45. The van der Waals surface area contributed by atoms with E-state index in [1.54, 1.807) is 18.2 Å². The summed E-state index contributed by atoms with van der Waals surface area (Å²) in [6.45, 7) is 4.13. The number of non-ortho nitro benzene ring substituents is 1. The predicted octanol–water partition coefficient (Wildman–Crippen LogP) is 3.40. The molecule has 1 aromatic carbocycles. The van der Waals surface area contributed by atoms with E-state index in [4.69, 9.17) is 0 Å². The summed E-state index contributed by atoms with van der Waals surface area (Å²) in [5, 5.41) is 10.7. The van der Waals surface area contributed by atoms with Crippen LogP contribution in [-0.2, 0) is 4.79 Å². The lowest BCUT2D eigenvalue weighted by Crippen LogP contribution is -2.46. The molecule has 2 atom stereocenters. The van der Waals surface area contributed by atoms with Gasteiger partial charge in [0.2, 0.25) is 5.91 Å². The number of nitro benzene ring substituents is 1. The number of carbonyl (C=O) groups is 1. The van der Waals surface area contributed by atoms with Gasteiger partial charge < -0.3 is 4.90 Å². The quantitative estimate of drug-likeness (QED) is 0.486. The molecule has 0 aliphatic carbocycles. The minimum atomic E-state index is -0.437. The van der Waals surface area contributed by atoms with Gasteiger partial charge in [0.15, 0.2) is 0 Å². The number of amides is 1. The second-order valence-corrected chi connectivity index (χ2v) is 5.56. The predicted molar refractivity (Wildman–Crippen MR) is 81.8 cm³/mol. The molecule has 1 saturated heterocycles. The maximum absolute atomic E-state index is 12.3. The van der Waals surface area contributed by atoms with Crippen molar-refractivity contribution in [3.63, 3.8) is 0 Å². The molecule has 0 radical (unpaired) electrons. The minimum absolute atomic E-state index is 0.0267. The highest BCUT2D eigenvalue weighted by atomic mass is 16.6. The number of rotatable bonds is 3. The Bertz CT molecular complexity index is 558. The normalized spacial score (nSPS) is 22.5. The Morgan fingerprint density at radius 1 is 1.33 bits per heavy atom. The van der Waals surface area contributed by atoms with Gasteiger partial charge in [0, 0.05) is 30.3 Å². The molecule has 0 spiro atoms. The number of likely N-dealkylation sites (tertiary alicyclic amines) is 1. The standard InChI is InChI=1S/C16H20N2O3/c1-12-5-3-6-13(2)17(12)16(19)10-9-14-7-4-8-15(11-14)18(20)21/h4,7-13H,3,5-6H2,1-2H3/b10-9+. The monoisotopic (exact) mass is 288 g/mol. The fraction of sp³-hybridized carbons (Fsp3) is 0.438. The zero-order valence-corrected chi connectivity index (χ0v) is 12.4. The van der Waals surface area contributed by atoms with Crippen LogP contribution in [0.5, 0.6) is 0 Å². The lowest BCUT2D eigenvalue weighted by molar-refractivity contribution is -0.384. The lowest BCUT2D eigenvalue weighted by Gasteiger charge is -2.38. The second kappa shape index (κ2) is 6.52. The fourth-order valence-electron chi connectivity index (χ4n) is 2.85. The van der Waals surface area contributed by atoms with E-state index in [9.17, 15) is 14.9 Å². The van der Waals surface area contributed by atoms with Crippen LogP contribution in [0.2, 0.25) is 0 Å². The molecule has 112 valence electrons. The molecule has 1 aromatic rings. The van der Waals surface area contributed by atoms with E-state index < -0.39 is 4.92 Å². The molecule has 0 aromatic heterocycles. The van der Waals surface area contributed by atoms with Crippen LogP contribution in [0.25, 0.3) is 6.08 Å². The maximum atomic E-state index is 12.3. The van der Waals surface area contributed by atoms with Gasteiger partial charge in [-0.1, -0.05) is 12.1 Å². The van der Waals surface area contributed by atoms with Gasteiger partial charge in [-0.25, -0.2) is 0 Å². The summed E-state index contributed by atoms with van der Waals surface area (Å²) in [5.74, 6) is -0.0267. The number of benzene rings is 1. The molecule has 0 N–H and O–H groups in total. The van der Waals surface area contributed by atoms with Gasteiger partial charge in [-0.2, -0.15) is 0 Å². The minimum Gasteiger partial charge on any atom is -0.334 e. The molecule has 21 heavy (non-hydrogen) atoms. The van der Waals surface area contributed by atoms with Crippen LogP contribution in [0.3, 0.4) is 0 Å². The molecular formula is C16H20N2O3. The molecule has 2 unspecified atom stereocenters. The Morgan fingerprint density at radius 3 is 2.62 bits per heavy atom. The van der Waals surface area contributed by atoms with Crippen LogP contribution in [0.1, 0.15) is 38.7 Å². The second-order valence-electron chi connectivity index (χ2n) is 5.56. The van der Waals surface area contributed by atoms with Crippen molar-refractivity contribution in [1.82, 2.24) is 4.90 Å². The Hall–Kier alpha value is -2.17. The van der Waals surface area contributed by atoms with Gasteiger partial charge in [-0.05, 0) is 44.7 Å². The van der Waals surface area contributed by atoms with Crippen LogP contribution < -0.4 is 0 Å². The van der Waals surface area contributed by atoms with Gasteiger partial charge in [0.25, 0.3) is 5.69 Å². The zero-order valence-electron chi connectivity index (χ0n) is 12.4. The summed E-state index contributed by atoms with van der Waals surface area (Å²) >= 11 is 0. The Labute approximate surface area is 124 Å². The van der Waals surface area contributed by atoms with Gasteiger partial charge in [-0.3, -0.25) is 14.9 Å². The molecule has 5 heteroatoms. The number of nitrogens with zero attached hydrogens (tertiary/aromatic N) is 2. The van der Waals surface area contributed by atoms with E-state index in [0.29, 0.717) is 5.56 Å². The van der Waals surface area contributed by atoms with Crippen LogP contribution in [-0.4, -0.2) is 27.8 Å². The van der Waals surface area contributed by atoms with Crippen molar-refractivity contribution >= 4 is 17.7 Å². The topological polar surface area (TPSA) is 63.5 Å². The number of hydrogen-bond donors (Lipinski definition) is 0. The summed E-state index contributed by atoms with van der Waals surface area (Å²) in [7, 11) is 0. The van der Waals surface area contributed by atoms with Gasteiger partial charge >= 0.3 is 0 Å². The Kier molecular flexibility index (Phi) is 4.73. The summed E-state index contributed by atoms with van der Waals surface area (Å²) in [4.78, 5) is 24.5. The Balaban J connectivity index is 2.11. The first kappa shape index (κ1) is 15.2. The first-order valence-electron chi connectivity index (χ1n) is 7.24. The van der Waals surface area contributed by atoms with E-state index in [1.807, 2.05) is 4.90 Å². The molecule has 0 bridgehead atoms. The Morgan fingerprint density at radius 2 is 2.00 bits per heavy atom. The van der Waals surface area contributed by atoms with Crippen molar-refractivity contribution in [3.8, 4) is 0 Å². The van der Waals surface area contributed by atoms with E-state index in [0.717, 1.165) is 19.3 Å². The molecular weight excluding hydrogens is 268 g/mol. The van der Waals surface area contributed by atoms with Crippen molar-refractivity contribution in [2.24, 2.45) is 0 Å². The third-order valence-corrected chi connectivity index (χ3v) is 3.95. The van der Waals surface area contributed by atoms with Crippen molar-refractivity contribution in [1.29, 1.82) is 0 Å². The number of hydrogen-bond acceptors (Lipinski definition) is 3. The van der Waals surface area contributed by atoms with Crippen molar-refractivity contribution in [2.75, 3.05) is 0 Å². The summed E-state index contributed by atoms with van der Waals surface area (Å²) < 4.78 is 0. The van der Waals surface area contributed by atoms with Crippen LogP contribution >= 0.6 is 0 Å². The number of carbonyl (C=O) groups excluding carboxylic acids is 1. The fourth-order valence-corrected chi connectivity index (χ4v) is 2.85. The maximum Gasteiger partial charge on any atom is 0.270 e. The van der Waals surface area contributed by atoms with Gasteiger partial charge in [0.05, 0.1) is 4.92 Å². The van der Waals surface area contributed by atoms with E-state index in [-0.39, 0.29) is 23.7 Å². The smallest absolute Gasteiger partial charge is 0.270 e. The zero-order chi connectivity index (χ0) is 15.4. The summed E-state index contributed by atoms with van der Waals surface area (Å²) in [6, 6.07) is 6.77. The van der Waals surface area contributed by atoms with Gasteiger partial charge in [0.1, 0.15) is 0 Å². The van der Waals surface area contributed by atoms with Crippen molar-refractivity contribution < 1.29 is 9.72 Å². The third-order valence-electron chi connectivity index (χ3n) is 3.95. The van der Waals surface area contributed by atoms with Crippen LogP contribution in [0.15, 0.2) is 30.3 Å². The highest BCUT2D eigenvalue weighted by molar-refractivity contribution is 5.92. The molecule has 1 fully saturated rings. The van der Waals surface area contributed by atoms with E-state index >= 15 is 0 Å². The summed E-state index contributed by atoms with van der Waals surface area (Å²) in [5.41, 5.74) is 0.694. The molecule has 5 nitrogen and oxygen atoms in total. The van der Waals surface area contributed by atoms with Crippen LogP contribution in [0, 0.1) is 10.1 Å². The molecule has 1 aliphatic rings. The highest BCUT2D eigenvalue weighted by Gasteiger charge is 2.27. The summed E-state index contributed by atoms with van der Waals surface area (Å²) in [6.07, 6.45) is 6.36. The largest absolute Gasteiger partial charge is 0.334 e. The third kappa shape index (κ3) is 3.68. The number of piperidine rings is 1. The van der Waals surface area contributed by atoms with Gasteiger partial charge in [-0.15, -0.1) is 0 Å². The first-order valence-corrected chi connectivity index (χ1v) is 7.24. The first-order chi connectivity index (χ1) is 9.99. The van der Waals surface area contributed by atoms with E-state index in [2.05, 4.69) is 13.8 Å². The SMILES string of the molecule is CC1CCCC(C)N1C(=O)/C=C/c1cccc([N+](=O)[O-])c1. The molecule has 0 saturated carbocycles. The van der Waals surface area contributed by atoms with Crippen molar-refractivity contribution in [2.45, 2.75) is 45.2 Å². The molecule has 1 amide bonds. The highest BCUT2D eigenvalue weighted by Crippen LogP contribution is 2.23. The lowest BCUT2D eigenvalue weighted by atomic mass is 9.97. The van der Waals surface area contributed by atoms with Crippen LogP contribution in [0.4, 0.5) is 5.69 Å². The molecule has 1 heterocycles.